The summed E-state index contributed by atoms with van der Waals surface area (Å²) in [5.41, 5.74) is 1.39. The van der Waals surface area contributed by atoms with Crippen molar-refractivity contribution >= 4 is 22.9 Å². The Morgan fingerprint density at radius 2 is 1.76 bits per heavy atom. The van der Waals surface area contributed by atoms with Gasteiger partial charge in [-0.1, -0.05) is 44.2 Å². The molecule has 0 fully saturated rings. The van der Waals surface area contributed by atoms with Crippen LogP contribution in [0.4, 0.5) is 5.69 Å². The molecule has 0 unspecified atom stereocenters. The fraction of sp³-hybridized carbons (Fsp3) is 0.200. The number of nitrogens with one attached hydrogen (secondary N) is 1. The molecule has 0 radical (unpaired) electrons. The van der Waals surface area contributed by atoms with Crippen molar-refractivity contribution in [2.45, 2.75) is 26.7 Å². The fourth-order valence-electron chi connectivity index (χ4n) is 2.33. The molecule has 0 aliphatic rings. The van der Waals surface area contributed by atoms with Crippen molar-refractivity contribution in [3.8, 4) is 11.5 Å². The number of anilines is 1. The van der Waals surface area contributed by atoms with E-state index in [-0.39, 0.29) is 5.91 Å². The second-order valence-corrected chi connectivity index (χ2v) is 7.02. The number of benzene rings is 2. The van der Waals surface area contributed by atoms with Crippen LogP contribution >= 0.6 is 11.3 Å². The van der Waals surface area contributed by atoms with Gasteiger partial charge in [-0.3, -0.25) is 4.79 Å². The van der Waals surface area contributed by atoms with Crippen molar-refractivity contribution in [3.05, 3.63) is 70.2 Å². The Kier molecular flexibility index (Phi) is 5.14. The summed E-state index contributed by atoms with van der Waals surface area (Å²) in [5, 5.41) is 3.92. The van der Waals surface area contributed by atoms with Crippen molar-refractivity contribution in [2.75, 3.05) is 5.32 Å². The maximum Gasteiger partial charge on any atom is 0.267 e. The number of ether oxygens (including phenoxy) is 1. The van der Waals surface area contributed by atoms with Crippen molar-refractivity contribution in [1.29, 1.82) is 0 Å². The minimum Gasteiger partial charge on any atom is -0.455 e. The minimum atomic E-state index is -0.161. The first-order chi connectivity index (χ1) is 12.0. The molecule has 0 saturated heterocycles. The van der Waals surface area contributed by atoms with Crippen LogP contribution in [-0.2, 0) is 0 Å². The first kappa shape index (κ1) is 17.2. The van der Waals surface area contributed by atoms with Crippen LogP contribution in [0.1, 0.15) is 40.1 Å². The largest absolute Gasteiger partial charge is 0.455 e. The molecule has 1 amide bonds. The van der Waals surface area contributed by atoms with E-state index >= 15 is 0 Å². The van der Waals surface area contributed by atoms with Gasteiger partial charge in [0.05, 0.1) is 16.4 Å². The average Bonchev–Trinajstić information content (AvgIpc) is 3.00. The number of carbonyl (C=O) groups excluding carboxylic acids is 1. The van der Waals surface area contributed by atoms with E-state index in [9.17, 15) is 4.79 Å². The Hall–Kier alpha value is -2.66. The van der Waals surface area contributed by atoms with Gasteiger partial charge in [0.1, 0.15) is 10.6 Å². The van der Waals surface area contributed by atoms with Gasteiger partial charge in [-0.2, -0.15) is 0 Å². The first-order valence-electron chi connectivity index (χ1n) is 8.15. The SMILES string of the molecule is Cc1nc(C(C)C)sc1C(=O)Nc1ccccc1Oc1ccccc1. The molecule has 0 spiro atoms. The van der Waals surface area contributed by atoms with Crippen LogP contribution in [0.2, 0.25) is 0 Å². The lowest BCUT2D eigenvalue weighted by molar-refractivity contribution is 0.102. The van der Waals surface area contributed by atoms with Crippen molar-refractivity contribution < 1.29 is 9.53 Å². The number of nitrogens with zero attached hydrogens (tertiary/aromatic N) is 1. The van der Waals surface area contributed by atoms with E-state index in [1.807, 2.05) is 61.5 Å². The number of aromatic nitrogens is 1. The predicted molar refractivity (Wildman–Crippen MR) is 102 cm³/mol. The molecule has 1 aromatic heterocycles. The van der Waals surface area contributed by atoms with Gasteiger partial charge in [-0.05, 0) is 31.2 Å². The van der Waals surface area contributed by atoms with Gasteiger partial charge in [0.15, 0.2) is 5.75 Å². The highest BCUT2D eigenvalue weighted by Crippen LogP contribution is 2.31. The summed E-state index contributed by atoms with van der Waals surface area (Å²) in [5.74, 6) is 1.47. The number of hydrogen-bond donors (Lipinski definition) is 1. The Bertz CT molecular complexity index is 872. The molecule has 25 heavy (non-hydrogen) atoms. The smallest absolute Gasteiger partial charge is 0.267 e. The average molecular weight is 352 g/mol. The summed E-state index contributed by atoms with van der Waals surface area (Å²) in [7, 11) is 0. The van der Waals surface area contributed by atoms with E-state index in [4.69, 9.17) is 4.74 Å². The maximum atomic E-state index is 12.7. The van der Waals surface area contributed by atoms with Crippen LogP contribution in [0.15, 0.2) is 54.6 Å². The van der Waals surface area contributed by atoms with E-state index < -0.39 is 0 Å². The molecule has 128 valence electrons. The predicted octanol–water partition coefficient (Wildman–Crippen LogP) is 5.62. The molecule has 0 bridgehead atoms. The Morgan fingerprint density at radius 1 is 1.08 bits per heavy atom. The minimum absolute atomic E-state index is 0.161. The molecular formula is C20H20N2O2S. The van der Waals surface area contributed by atoms with E-state index in [1.165, 1.54) is 11.3 Å². The molecule has 0 aliphatic carbocycles. The zero-order chi connectivity index (χ0) is 17.8. The molecule has 0 saturated carbocycles. The number of hydrogen-bond acceptors (Lipinski definition) is 4. The quantitative estimate of drug-likeness (QED) is 0.648. The standard InChI is InChI=1S/C20H20N2O2S/c1-13(2)20-21-14(3)18(25-20)19(23)22-16-11-7-8-12-17(16)24-15-9-5-4-6-10-15/h4-13H,1-3H3,(H,22,23). The van der Waals surface area contributed by atoms with E-state index in [2.05, 4.69) is 24.1 Å². The van der Waals surface area contributed by atoms with E-state index in [0.29, 0.717) is 22.2 Å². The number of para-hydroxylation sites is 3. The molecule has 1 N–H and O–H groups in total. The highest BCUT2D eigenvalue weighted by atomic mass is 32.1. The zero-order valence-electron chi connectivity index (χ0n) is 14.4. The van der Waals surface area contributed by atoms with Gasteiger partial charge in [-0.25, -0.2) is 4.98 Å². The zero-order valence-corrected chi connectivity index (χ0v) is 15.3. The third kappa shape index (κ3) is 4.06. The molecule has 4 nitrogen and oxygen atoms in total. The fourth-order valence-corrected chi connectivity index (χ4v) is 3.29. The molecule has 0 atom stereocenters. The maximum absolute atomic E-state index is 12.7. The summed E-state index contributed by atoms with van der Waals surface area (Å²) < 4.78 is 5.89. The Morgan fingerprint density at radius 3 is 2.44 bits per heavy atom. The third-order valence-electron chi connectivity index (χ3n) is 3.62. The van der Waals surface area contributed by atoms with E-state index in [0.717, 1.165) is 16.5 Å². The van der Waals surface area contributed by atoms with Crippen LogP contribution in [-0.4, -0.2) is 10.9 Å². The number of amides is 1. The lowest BCUT2D eigenvalue weighted by atomic mass is 10.2. The Labute approximate surface area is 151 Å². The summed E-state index contributed by atoms with van der Waals surface area (Å²) in [6, 6.07) is 16.9. The summed E-state index contributed by atoms with van der Waals surface area (Å²) >= 11 is 1.44. The number of rotatable bonds is 5. The second-order valence-electron chi connectivity index (χ2n) is 5.99. The normalized spacial score (nSPS) is 10.7. The number of thiazole rings is 1. The molecule has 0 aliphatic heterocycles. The summed E-state index contributed by atoms with van der Waals surface area (Å²) in [6.07, 6.45) is 0. The topological polar surface area (TPSA) is 51.2 Å². The lowest BCUT2D eigenvalue weighted by Gasteiger charge is -2.11. The highest BCUT2D eigenvalue weighted by molar-refractivity contribution is 7.14. The van der Waals surface area contributed by atoms with Crippen LogP contribution in [0.5, 0.6) is 11.5 Å². The number of aryl methyl sites for hydroxylation is 1. The van der Waals surface area contributed by atoms with Gasteiger partial charge in [0.25, 0.3) is 5.91 Å². The molecule has 1 heterocycles. The lowest BCUT2D eigenvalue weighted by Crippen LogP contribution is -2.12. The van der Waals surface area contributed by atoms with Gasteiger partial charge in [0.2, 0.25) is 0 Å². The van der Waals surface area contributed by atoms with Gasteiger partial charge in [0, 0.05) is 5.92 Å². The Balaban J connectivity index is 1.82. The second kappa shape index (κ2) is 7.49. The van der Waals surface area contributed by atoms with Gasteiger partial charge >= 0.3 is 0 Å². The van der Waals surface area contributed by atoms with Crippen molar-refractivity contribution in [3.63, 3.8) is 0 Å². The van der Waals surface area contributed by atoms with Gasteiger partial charge < -0.3 is 10.1 Å². The molecule has 3 rings (SSSR count). The first-order valence-corrected chi connectivity index (χ1v) is 8.97. The van der Waals surface area contributed by atoms with Crippen LogP contribution < -0.4 is 10.1 Å². The molecule has 3 aromatic rings. The number of carbonyl (C=O) groups is 1. The molecular weight excluding hydrogens is 332 g/mol. The van der Waals surface area contributed by atoms with Crippen LogP contribution in [0, 0.1) is 6.92 Å². The van der Waals surface area contributed by atoms with Crippen molar-refractivity contribution in [2.24, 2.45) is 0 Å². The van der Waals surface area contributed by atoms with E-state index in [1.54, 1.807) is 0 Å². The summed E-state index contributed by atoms with van der Waals surface area (Å²) in [6.45, 7) is 6.01. The molecule has 5 heteroatoms. The van der Waals surface area contributed by atoms with Crippen LogP contribution in [0.25, 0.3) is 0 Å². The van der Waals surface area contributed by atoms with Crippen molar-refractivity contribution in [1.82, 2.24) is 4.98 Å². The van der Waals surface area contributed by atoms with Gasteiger partial charge in [-0.15, -0.1) is 11.3 Å². The van der Waals surface area contributed by atoms with Crippen LogP contribution in [0.3, 0.4) is 0 Å². The third-order valence-corrected chi connectivity index (χ3v) is 5.08. The monoisotopic (exact) mass is 352 g/mol. The molecule has 2 aromatic carbocycles. The highest BCUT2D eigenvalue weighted by Gasteiger charge is 2.18. The summed E-state index contributed by atoms with van der Waals surface area (Å²) in [4.78, 5) is 17.8.